The molecular formula is C25H20ClN7O4. The van der Waals surface area contributed by atoms with Gasteiger partial charge in [-0.15, -0.1) is 10.2 Å². The molecule has 0 bridgehead atoms. The number of hydrogen-bond donors (Lipinski definition) is 2. The molecule has 186 valence electrons. The number of hydrogen-bond acceptors (Lipinski definition) is 7. The van der Waals surface area contributed by atoms with Gasteiger partial charge in [0.05, 0.1) is 0 Å². The van der Waals surface area contributed by atoms with Gasteiger partial charge in [0.2, 0.25) is 5.82 Å². The van der Waals surface area contributed by atoms with Crippen LogP contribution in [0, 0.1) is 0 Å². The molecule has 1 atom stereocenters. The average molecular weight is 518 g/mol. The van der Waals surface area contributed by atoms with Gasteiger partial charge in [0.1, 0.15) is 12.6 Å². The molecule has 2 N–H and O–H groups in total. The Morgan fingerprint density at radius 1 is 1.08 bits per heavy atom. The van der Waals surface area contributed by atoms with E-state index in [0.717, 1.165) is 10.5 Å². The highest BCUT2D eigenvalue weighted by molar-refractivity contribution is 6.31. The largest absolute Gasteiger partial charge is 0.444 e. The molecule has 2 heterocycles. The van der Waals surface area contributed by atoms with Crippen LogP contribution in [0.4, 0.5) is 21.0 Å². The van der Waals surface area contributed by atoms with Gasteiger partial charge in [-0.1, -0.05) is 54.1 Å². The van der Waals surface area contributed by atoms with E-state index >= 15 is 0 Å². The lowest BCUT2D eigenvalue weighted by Gasteiger charge is -2.23. The number of nitrogens with zero attached hydrogens (tertiary/aromatic N) is 5. The fourth-order valence-corrected chi connectivity index (χ4v) is 4.25. The second-order valence-corrected chi connectivity index (χ2v) is 8.63. The number of aromatic amines is 1. The number of halogens is 1. The normalized spacial score (nSPS) is 15.2. The van der Waals surface area contributed by atoms with Gasteiger partial charge in [0, 0.05) is 29.0 Å². The number of imide groups is 1. The van der Waals surface area contributed by atoms with Gasteiger partial charge in [-0.2, -0.15) is 5.21 Å². The standard InChI is InChI=1S/C25H20ClN7O4/c1-32-23(34)21(33(25(32)36)20-9-5-8-16(12-20)22-28-30-31-29-22)17-10-18(26)13-19(11-17)27-24(35)37-14-15-6-3-2-4-7-15/h2-13,21H,14H2,1H3,(H,27,35)(H,28,29,30,31)/t21-/m0/s1. The summed E-state index contributed by atoms with van der Waals surface area (Å²) in [6, 6.07) is 19.3. The number of urea groups is 1. The van der Waals surface area contributed by atoms with Crippen LogP contribution in [-0.2, 0) is 16.1 Å². The van der Waals surface area contributed by atoms with Crippen molar-refractivity contribution in [2.45, 2.75) is 12.6 Å². The number of tetrazole rings is 1. The van der Waals surface area contributed by atoms with Crippen LogP contribution in [-0.4, -0.2) is 50.6 Å². The smallest absolute Gasteiger partial charge is 0.411 e. The molecule has 4 aromatic rings. The zero-order valence-corrected chi connectivity index (χ0v) is 20.2. The fraction of sp³-hybridized carbons (Fsp3) is 0.120. The molecule has 0 saturated carbocycles. The maximum absolute atomic E-state index is 13.2. The quantitative estimate of drug-likeness (QED) is 0.362. The number of amides is 4. The third-order valence-corrected chi connectivity index (χ3v) is 5.96. The monoisotopic (exact) mass is 517 g/mol. The minimum Gasteiger partial charge on any atom is -0.444 e. The van der Waals surface area contributed by atoms with Gasteiger partial charge in [-0.25, -0.2) is 9.59 Å². The Hall–Kier alpha value is -4.77. The van der Waals surface area contributed by atoms with Gasteiger partial charge in [0.15, 0.2) is 0 Å². The van der Waals surface area contributed by atoms with Crippen LogP contribution in [0.2, 0.25) is 5.02 Å². The van der Waals surface area contributed by atoms with Crippen molar-refractivity contribution in [3.8, 4) is 11.4 Å². The number of likely N-dealkylation sites (N-methyl/N-ethyl adjacent to an activating group) is 1. The van der Waals surface area contributed by atoms with Crippen molar-refractivity contribution in [3.05, 3.63) is 88.9 Å². The first-order valence-corrected chi connectivity index (χ1v) is 11.5. The maximum atomic E-state index is 13.2. The molecule has 3 aromatic carbocycles. The summed E-state index contributed by atoms with van der Waals surface area (Å²) >= 11 is 6.34. The Balaban J connectivity index is 1.42. The number of carbonyl (C=O) groups is 3. The summed E-state index contributed by atoms with van der Waals surface area (Å²) in [5.41, 5.74) is 2.62. The Kier molecular flexibility index (Phi) is 6.52. The fourth-order valence-electron chi connectivity index (χ4n) is 4.01. The van der Waals surface area contributed by atoms with Gasteiger partial charge >= 0.3 is 12.1 Å². The summed E-state index contributed by atoms with van der Waals surface area (Å²) in [5, 5.41) is 16.8. The lowest BCUT2D eigenvalue weighted by Crippen LogP contribution is -2.30. The van der Waals surface area contributed by atoms with Gasteiger partial charge in [-0.3, -0.25) is 19.9 Å². The summed E-state index contributed by atoms with van der Waals surface area (Å²) in [6.07, 6.45) is -0.687. The van der Waals surface area contributed by atoms with Gasteiger partial charge in [-0.05, 0) is 46.7 Å². The lowest BCUT2D eigenvalue weighted by molar-refractivity contribution is -0.126. The molecule has 1 aliphatic heterocycles. The molecule has 0 aliphatic carbocycles. The second kappa shape index (κ2) is 10.1. The molecule has 1 aliphatic rings. The van der Waals surface area contributed by atoms with E-state index in [2.05, 4.69) is 25.9 Å². The highest BCUT2D eigenvalue weighted by Crippen LogP contribution is 2.38. The molecule has 5 rings (SSSR count). The third-order valence-electron chi connectivity index (χ3n) is 5.74. The summed E-state index contributed by atoms with van der Waals surface area (Å²) in [5.74, 6) is -0.109. The van der Waals surface area contributed by atoms with Crippen molar-refractivity contribution in [3.63, 3.8) is 0 Å². The average Bonchev–Trinajstić information content (AvgIpc) is 3.51. The summed E-state index contributed by atoms with van der Waals surface area (Å²) in [6.45, 7) is 0.0883. The van der Waals surface area contributed by atoms with Crippen LogP contribution in [0.3, 0.4) is 0 Å². The molecule has 1 fully saturated rings. The number of H-pyrrole nitrogens is 1. The van der Waals surface area contributed by atoms with Crippen molar-refractivity contribution in [2.24, 2.45) is 0 Å². The van der Waals surface area contributed by atoms with Crippen LogP contribution >= 0.6 is 11.6 Å². The van der Waals surface area contributed by atoms with Crippen LogP contribution in [0.1, 0.15) is 17.2 Å². The van der Waals surface area contributed by atoms with E-state index in [1.807, 2.05) is 30.3 Å². The van der Waals surface area contributed by atoms with E-state index in [4.69, 9.17) is 16.3 Å². The number of carbonyl (C=O) groups excluding carboxylic acids is 3. The van der Waals surface area contributed by atoms with Gasteiger partial charge < -0.3 is 4.74 Å². The van der Waals surface area contributed by atoms with E-state index < -0.39 is 24.1 Å². The van der Waals surface area contributed by atoms with E-state index in [-0.39, 0.29) is 11.6 Å². The summed E-state index contributed by atoms with van der Waals surface area (Å²) in [4.78, 5) is 41.1. The van der Waals surface area contributed by atoms with Crippen molar-refractivity contribution in [2.75, 3.05) is 17.3 Å². The Morgan fingerprint density at radius 2 is 1.89 bits per heavy atom. The minimum atomic E-state index is -1.02. The molecular weight excluding hydrogens is 498 g/mol. The first kappa shape index (κ1) is 23.9. The number of nitrogens with one attached hydrogen (secondary N) is 2. The van der Waals surface area contributed by atoms with E-state index in [1.54, 1.807) is 36.4 Å². The summed E-state index contributed by atoms with van der Waals surface area (Å²) < 4.78 is 5.28. The SMILES string of the molecule is CN1C(=O)[C@H](c2cc(Cl)cc(NC(=O)OCc3ccccc3)c2)N(c2cccc(-c3nn[nH]n3)c2)C1=O. The van der Waals surface area contributed by atoms with E-state index in [1.165, 1.54) is 18.0 Å². The Morgan fingerprint density at radius 3 is 2.65 bits per heavy atom. The molecule has 0 unspecified atom stereocenters. The first-order chi connectivity index (χ1) is 17.9. The minimum absolute atomic E-state index is 0.0883. The lowest BCUT2D eigenvalue weighted by atomic mass is 10.0. The van der Waals surface area contributed by atoms with E-state index in [0.29, 0.717) is 28.3 Å². The van der Waals surface area contributed by atoms with E-state index in [9.17, 15) is 14.4 Å². The van der Waals surface area contributed by atoms with Crippen LogP contribution < -0.4 is 10.2 Å². The van der Waals surface area contributed by atoms with Crippen LogP contribution in [0.15, 0.2) is 72.8 Å². The topological polar surface area (TPSA) is 133 Å². The van der Waals surface area contributed by atoms with Crippen molar-refractivity contribution in [1.29, 1.82) is 0 Å². The molecule has 0 radical (unpaired) electrons. The number of rotatable bonds is 6. The number of aromatic nitrogens is 4. The number of anilines is 2. The molecule has 1 saturated heterocycles. The molecule has 12 heteroatoms. The van der Waals surface area contributed by atoms with Crippen molar-refractivity contribution >= 4 is 41.0 Å². The summed E-state index contributed by atoms with van der Waals surface area (Å²) in [7, 11) is 1.41. The molecule has 1 aromatic heterocycles. The Labute approximate surface area is 216 Å². The predicted molar refractivity (Wildman–Crippen MR) is 135 cm³/mol. The number of benzene rings is 3. The molecule has 0 spiro atoms. The Bertz CT molecular complexity index is 1460. The van der Waals surface area contributed by atoms with Gasteiger partial charge in [0.25, 0.3) is 5.91 Å². The zero-order valence-electron chi connectivity index (χ0n) is 19.5. The zero-order chi connectivity index (χ0) is 25.9. The molecule has 4 amide bonds. The highest BCUT2D eigenvalue weighted by Gasteiger charge is 2.45. The van der Waals surface area contributed by atoms with Crippen LogP contribution in [0.25, 0.3) is 11.4 Å². The van der Waals surface area contributed by atoms with Crippen molar-refractivity contribution in [1.82, 2.24) is 25.5 Å². The maximum Gasteiger partial charge on any atom is 0.411 e. The predicted octanol–water partition coefficient (Wildman–Crippen LogP) is 4.41. The van der Waals surface area contributed by atoms with Crippen molar-refractivity contribution < 1.29 is 19.1 Å². The third kappa shape index (κ3) is 4.98. The molecule has 11 nitrogen and oxygen atoms in total. The van der Waals surface area contributed by atoms with Crippen LogP contribution in [0.5, 0.6) is 0 Å². The second-order valence-electron chi connectivity index (χ2n) is 8.20. The number of ether oxygens (including phenoxy) is 1. The first-order valence-electron chi connectivity index (χ1n) is 11.1. The highest BCUT2D eigenvalue weighted by atomic mass is 35.5. The molecule has 37 heavy (non-hydrogen) atoms.